The van der Waals surface area contributed by atoms with E-state index in [1.807, 2.05) is 11.8 Å². The van der Waals surface area contributed by atoms with E-state index in [0.717, 1.165) is 19.0 Å². The molecule has 88 valence electrons. The average Bonchev–Trinajstić information content (AvgIpc) is 2.16. The van der Waals surface area contributed by atoms with Gasteiger partial charge in [-0.1, -0.05) is 26.7 Å². The molecule has 2 unspecified atom stereocenters. The van der Waals surface area contributed by atoms with Crippen LogP contribution in [0.25, 0.3) is 0 Å². The van der Waals surface area contributed by atoms with Crippen LogP contribution < -0.4 is 0 Å². The Morgan fingerprint density at radius 1 is 1.47 bits per heavy atom. The first-order chi connectivity index (χ1) is 7.11. The van der Waals surface area contributed by atoms with Crippen molar-refractivity contribution in [2.75, 3.05) is 19.6 Å². The lowest BCUT2D eigenvalue weighted by atomic mass is 9.82. The Labute approximate surface area is 92.5 Å². The highest BCUT2D eigenvalue weighted by atomic mass is 16.4. The SMILES string of the molecule is CCN(CC(=O)O)CC1CCCC(C)C1. The van der Waals surface area contributed by atoms with Gasteiger partial charge in [0.15, 0.2) is 0 Å². The van der Waals surface area contributed by atoms with Crippen molar-refractivity contribution in [1.29, 1.82) is 0 Å². The maximum atomic E-state index is 10.6. The molecule has 0 heterocycles. The molecule has 1 fully saturated rings. The summed E-state index contributed by atoms with van der Waals surface area (Å²) < 4.78 is 0. The number of carboxylic acids is 1. The molecule has 3 nitrogen and oxygen atoms in total. The standard InChI is InChI=1S/C12H23NO2/c1-3-13(9-12(14)15)8-11-6-4-5-10(2)7-11/h10-11H,3-9H2,1-2H3,(H,14,15). The summed E-state index contributed by atoms with van der Waals surface area (Å²) in [4.78, 5) is 12.7. The Morgan fingerprint density at radius 2 is 2.20 bits per heavy atom. The van der Waals surface area contributed by atoms with Gasteiger partial charge in [-0.3, -0.25) is 9.69 Å². The lowest BCUT2D eigenvalue weighted by Gasteiger charge is -2.30. The minimum Gasteiger partial charge on any atom is -0.480 e. The lowest BCUT2D eigenvalue weighted by Crippen LogP contribution is -2.35. The molecule has 0 amide bonds. The van der Waals surface area contributed by atoms with Gasteiger partial charge in [0, 0.05) is 6.54 Å². The van der Waals surface area contributed by atoms with Crippen molar-refractivity contribution in [2.45, 2.75) is 39.5 Å². The molecular weight excluding hydrogens is 190 g/mol. The normalized spacial score (nSPS) is 26.9. The molecule has 1 N–H and O–H groups in total. The summed E-state index contributed by atoms with van der Waals surface area (Å²) in [5.41, 5.74) is 0. The third-order valence-corrected chi connectivity index (χ3v) is 3.37. The van der Waals surface area contributed by atoms with E-state index in [-0.39, 0.29) is 6.54 Å². The topological polar surface area (TPSA) is 40.5 Å². The second-order valence-corrected chi connectivity index (χ2v) is 4.86. The first-order valence-corrected chi connectivity index (χ1v) is 6.06. The fourth-order valence-corrected chi connectivity index (χ4v) is 2.59. The van der Waals surface area contributed by atoms with E-state index in [2.05, 4.69) is 6.92 Å². The molecule has 3 heteroatoms. The highest BCUT2D eigenvalue weighted by Gasteiger charge is 2.21. The molecule has 0 aromatic carbocycles. The van der Waals surface area contributed by atoms with E-state index in [1.165, 1.54) is 25.7 Å². The van der Waals surface area contributed by atoms with Crippen LogP contribution in [0.2, 0.25) is 0 Å². The molecule has 0 aromatic heterocycles. The number of hydrogen-bond donors (Lipinski definition) is 1. The van der Waals surface area contributed by atoms with Gasteiger partial charge in [0.2, 0.25) is 0 Å². The van der Waals surface area contributed by atoms with Crippen molar-refractivity contribution in [1.82, 2.24) is 4.90 Å². The number of carbonyl (C=O) groups is 1. The Kier molecular flexibility index (Phi) is 5.09. The zero-order valence-corrected chi connectivity index (χ0v) is 9.91. The Hall–Kier alpha value is -0.570. The number of hydrogen-bond acceptors (Lipinski definition) is 2. The van der Waals surface area contributed by atoms with Gasteiger partial charge in [0.1, 0.15) is 0 Å². The Bertz CT molecular complexity index is 206. The molecule has 15 heavy (non-hydrogen) atoms. The van der Waals surface area contributed by atoms with E-state index in [0.29, 0.717) is 5.92 Å². The summed E-state index contributed by atoms with van der Waals surface area (Å²) in [6, 6.07) is 0. The predicted molar refractivity (Wildman–Crippen MR) is 60.9 cm³/mol. The van der Waals surface area contributed by atoms with Crippen LogP contribution >= 0.6 is 0 Å². The molecule has 1 rings (SSSR count). The van der Waals surface area contributed by atoms with Crippen molar-refractivity contribution in [2.24, 2.45) is 11.8 Å². The number of likely N-dealkylation sites (N-methyl/N-ethyl adjacent to an activating group) is 1. The van der Waals surface area contributed by atoms with Gasteiger partial charge in [0.05, 0.1) is 6.54 Å². The molecular formula is C12H23NO2. The van der Waals surface area contributed by atoms with Crippen molar-refractivity contribution in [3.63, 3.8) is 0 Å². The van der Waals surface area contributed by atoms with Gasteiger partial charge < -0.3 is 5.11 Å². The number of rotatable bonds is 5. The van der Waals surface area contributed by atoms with E-state index in [4.69, 9.17) is 5.11 Å². The lowest BCUT2D eigenvalue weighted by molar-refractivity contribution is -0.138. The highest BCUT2D eigenvalue weighted by Crippen LogP contribution is 2.28. The molecule has 0 bridgehead atoms. The molecule has 0 spiro atoms. The first-order valence-electron chi connectivity index (χ1n) is 6.06. The van der Waals surface area contributed by atoms with Gasteiger partial charge in [-0.15, -0.1) is 0 Å². The quantitative estimate of drug-likeness (QED) is 0.761. The predicted octanol–water partition coefficient (Wildman–Crippen LogP) is 2.22. The van der Waals surface area contributed by atoms with Crippen LogP contribution in [0.1, 0.15) is 39.5 Å². The van der Waals surface area contributed by atoms with Crippen LogP contribution in [0.15, 0.2) is 0 Å². The molecule has 0 aliphatic heterocycles. The van der Waals surface area contributed by atoms with Crippen molar-refractivity contribution in [3.05, 3.63) is 0 Å². The second-order valence-electron chi connectivity index (χ2n) is 4.86. The van der Waals surface area contributed by atoms with Crippen LogP contribution in [0.5, 0.6) is 0 Å². The molecule has 1 aliphatic carbocycles. The van der Waals surface area contributed by atoms with Gasteiger partial charge in [-0.2, -0.15) is 0 Å². The van der Waals surface area contributed by atoms with Gasteiger partial charge in [-0.25, -0.2) is 0 Å². The van der Waals surface area contributed by atoms with E-state index < -0.39 is 5.97 Å². The van der Waals surface area contributed by atoms with E-state index in [9.17, 15) is 4.79 Å². The molecule has 0 radical (unpaired) electrons. The average molecular weight is 213 g/mol. The largest absolute Gasteiger partial charge is 0.480 e. The summed E-state index contributed by atoms with van der Waals surface area (Å²) in [6.07, 6.45) is 5.22. The monoisotopic (exact) mass is 213 g/mol. The smallest absolute Gasteiger partial charge is 0.317 e. The third kappa shape index (κ3) is 4.65. The van der Waals surface area contributed by atoms with Crippen LogP contribution in [0, 0.1) is 11.8 Å². The fraction of sp³-hybridized carbons (Fsp3) is 0.917. The van der Waals surface area contributed by atoms with E-state index >= 15 is 0 Å². The summed E-state index contributed by atoms with van der Waals surface area (Å²) in [6.45, 7) is 6.35. The minimum absolute atomic E-state index is 0.196. The van der Waals surface area contributed by atoms with Crippen molar-refractivity contribution in [3.8, 4) is 0 Å². The second kappa shape index (κ2) is 6.11. The Morgan fingerprint density at radius 3 is 2.73 bits per heavy atom. The molecule has 0 saturated heterocycles. The summed E-state index contributed by atoms with van der Waals surface area (Å²) in [5, 5.41) is 8.75. The Balaban J connectivity index is 2.33. The zero-order valence-electron chi connectivity index (χ0n) is 9.91. The van der Waals surface area contributed by atoms with E-state index in [1.54, 1.807) is 0 Å². The fourth-order valence-electron chi connectivity index (χ4n) is 2.59. The minimum atomic E-state index is -0.708. The number of aliphatic carboxylic acids is 1. The van der Waals surface area contributed by atoms with Crippen LogP contribution in [-0.2, 0) is 4.79 Å². The maximum absolute atomic E-state index is 10.6. The molecule has 2 atom stereocenters. The van der Waals surface area contributed by atoms with Gasteiger partial charge >= 0.3 is 5.97 Å². The summed E-state index contributed by atoms with van der Waals surface area (Å²) in [7, 11) is 0. The van der Waals surface area contributed by atoms with Crippen LogP contribution in [0.4, 0.5) is 0 Å². The highest BCUT2D eigenvalue weighted by molar-refractivity contribution is 5.69. The third-order valence-electron chi connectivity index (χ3n) is 3.37. The molecule has 0 aromatic rings. The van der Waals surface area contributed by atoms with Gasteiger partial charge in [-0.05, 0) is 31.2 Å². The zero-order chi connectivity index (χ0) is 11.3. The maximum Gasteiger partial charge on any atom is 0.317 e. The molecule has 1 aliphatic rings. The summed E-state index contributed by atoms with van der Waals surface area (Å²) in [5.74, 6) is 0.834. The number of nitrogens with zero attached hydrogens (tertiary/aromatic N) is 1. The van der Waals surface area contributed by atoms with Crippen LogP contribution in [-0.4, -0.2) is 35.6 Å². The summed E-state index contributed by atoms with van der Waals surface area (Å²) >= 11 is 0. The van der Waals surface area contributed by atoms with Crippen LogP contribution in [0.3, 0.4) is 0 Å². The van der Waals surface area contributed by atoms with Crippen molar-refractivity contribution >= 4 is 5.97 Å². The first kappa shape index (κ1) is 12.5. The van der Waals surface area contributed by atoms with Crippen molar-refractivity contribution < 1.29 is 9.90 Å². The van der Waals surface area contributed by atoms with Gasteiger partial charge in [0.25, 0.3) is 0 Å². The molecule has 1 saturated carbocycles. The number of carboxylic acid groups (broad SMARTS) is 1.